The number of benzene rings is 1. The molecule has 1 aromatic heterocycles. The molecule has 82 valence electrons. The second kappa shape index (κ2) is 4.61. The summed E-state index contributed by atoms with van der Waals surface area (Å²) in [5.41, 5.74) is 3.12. The van der Waals surface area contributed by atoms with Gasteiger partial charge in [-0.05, 0) is 30.7 Å². The van der Waals surface area contributed by atoms with Crippen molar-refractivity contribution >= 4 is 15.9 Å². The van der Waals surface area contributed by atoms with Crippen LogP contribution in [0.1, 0.15) is 5.56 Å². The van der Waals surface area contributed by atoms with E-state index < -0.39 is 0 Å². The van der Waals surface area contributed by atoms with Gasteiger partial charge in [0.25, 0.3) is 0 Å². The van der Waals surface area contributed by atoms with Crippen LogP contribution in [0.5, 0.6) is 6.01 Å². The van der Waals surface area contributed by atoms with Gasteiger partial charge in [0.2, 0.25) is 0 Å². The van der Waals surface area contributed by atoms with Crippen molar-refractivity contribution in [1.82, 2.24) is 9.97 Å². The van der Waals surface area contributed by atoms with E-state index in [9.17, 15) is 0 Å². The van der Waals surface area contributed by atoms with Gasteiger partial charge < -0.3 is 4.74 Å². The third kappa shape index (κ3) is 2.22. The molecule has 0 aliphatic carbocycles. The summed E-state index contributed by atoms with van der Waals surface area (Å²) in [5, 5.41) is 0. The topological polar surface area (TPSA) is 35.0 Å². The summed E-state index contributed by atoms with van der Waals surface area (Å²) in [6.07, 6.45) is 1.70. The van der Waals surface area contributed by atoms with Crippen molar-refractivity contribution < 1.29 is 4.74 Å². The van der Waals surface area contributed by atoms with Crippen LogP contribution in [0.4, 0.5) is 0 Å². The predicted octanol–water partition coefficient (Wildman–Crippen LogP) is 3.22. The van der Waals surface area contributed by atoms with E-state index in [2.05, 4.69) is 32.8 Å². The fourth-order valence-corrected chi connectivity index (χ4v) is 1.82. The monoisotopic (exact) mass is 278 g/mol. The highest BCUT2D eigenvalue weighted by molar-refractivity contribution is 9.10. The smallest absolute Gasteiger partial charge is 0.316 e. The fraction of sp³-hybridized carbons (Fsp3) is 0.167. The van der Waals surface area contributed by atoms with Gasteiger partial charge in [-0.1, -0.05) is 22.0 Å². The van der Waals surface area contributed by atoms with E-state index in [-0.39, 0.29) is 0 Å². The minimum absolute atomic E-state index is 0.386. The number of methoxy groups -OCH3 is 1. The standard InChI is InChI=1S/C12H11BrN2O/c1-8-3-4-9(13)7-10(8)11-5-6-14-12(15-11)16-2/h3-7H,1-2H3. The van der Waals surface area contributed by atoms with E-state index in [1.807, 2.05) is 24.3 Å². The summed E-state index contributed by atoms with van der Waals surface area (Å²) in [7, 11) is 1.56. The molecule has 0 amide bonds. The lowest BCUT2D eigenvalue weighted by Gasteiger charge is -2.06. The van der Waals surface area contributed by atoms with Gasteiger partial charge in [0.1, 0.15) is 0 Å². The number of rotatable bonds is 2. The van der Waals surface area contributed by atoms with Gasteiger partial charge in [0.15, 0.2) is 0 Å². The number of hydrogen-bond donors (Lipinski definition) is 0. The molecule has 3 nitrogen and oxygen atoms in total. The number of halogens is 1. The van der Waals surface area contributed by atoms with E-state index in [1.165, 1.54) is 5.56 Å². The van der Waals surface area contributed by atoms with Gasteiger partial charge in [-0.3, -0.25) is 0 Å². The molecule has 0 saturated carbocycles. The van der Waals surface area contributed by atoms with Gasteiger partial charge in [-0.15, -0.1) is 0 Å². The Hall–Kier alpha value is -1.42. The molecule has 0 unspecified atom stereocenters. The van der Waals surface area contributed by atoms with E-state index in [1.54, 1.807) is 13.3 Å². The van der Waals surface area contributed by atoms with Gasteiger partial charge in [0.05, 0.1) is 12.8 Å². The van der Waals surface area contributed by atoms with Crippen LogP contribution >= 0.6 is 15.9 Å². The highest BCUT2D eigenvalue weighted by Crippen LogP contribution is 2.25. The number of nitrogens with zero attached hydrogens (tertiary/aromatic N) is 2. The molecule has 0 aliphatic heterocycles. The van der Waals surface area contributed by atoms with Crippen LogP contribution in [0.3, 0.4) is 0 Å². The fourth-order valence-electron chi connectivity index (χ4n) is 1.46. The molecule has 4 heteroatoms. The maximum Gasteiger partial charge on any atom is 0.316 e. The molecule has 0 spiro atoms. The first-order valence-electron chi connectivity index (χ1n) is 4.84. The summed E-state index contributed by atoms with van der Waals surface area (Å²) in [5.74, 6) is 0. The summed E-state index contributed by atoms with van der Waals surface area (Å²) < 4.78 is 6.05. The van der Waals surface area contributed by atoms with Crippen molar-refractivity contribution in [1.29, 1.82) is 0 Å². The predicted molar refractivity (Wildman–Crippen MR) is 66.5 cm³/mol. The van der Waals surface area contributed by atoms with Crippen LogP contribution in [0.2, 0.25) is 0 Å². The minimum atomic E-state index is 0.386. The largest absolute Gasteiger partial charge is 0.467 e. The van der Waals surface area contributed by atoms with Crippen molar-refractivity contribution in [2.24, 2.45) is 0 Å². The molecule has 16 heavy (non-hydrogen) atoms. The average Bonchev–Trinajstić information content (AvgIpc) is 2.32. The van der Waals surface area contributed by atoms with Crippen molar-refractivity contribution in [3.8, 4) is 17.3 Å². The first kappa shape index (κ1) is 11.1. The Bertz CT molecular complexity index is 514. The second-order valence-corrected chi connectivity index (χ2v) is 4.30. The molecule has 1 aromatic carbocycles. The average molecular weight is 279 g/mol. The van der Waals surface area contributed by atoms with Crippen molar-refractivity contribution in [3.63, 3.8) is 0 Å². The molecule has 1 heterocycles. The first-order chi connectivity index (χ1) is 7.70. The quantitative estimate of drug-likeness (QED) is 0.846. The Morgan fingerprint density at radius 2 is 2.06 bits per heavy atom. The van der Waals surface area contributed by atoms with Crippen LogP contribution in [-0.2, 0) is 0 Å². The lowest BCUT2D eigenvalue weighted by atomic mass is 10.1. The Kier molecular flexibility index (Phi) is 3.19. The highest BCUT2D eigenvalue weighted by Gasteiger charge is 2.05. The van der Waals surface area contributed by atoms with Crippen LogP contribution < -0.4 is 4.74 Å². The number of ether oxygens (including phenoxy) is 1. The van der Waals surface area contributed by atoms with Gasteiger partial charge >= 0.3 is 6.01 Å². The number of hydrogen-bond acceptors (Lipinski definition) is 3. The molecule has 0 radical (unpaired) electrons. The number of aryl methyl sites for hydroxylation is 1. The third-order valence-electron chi connectivity index (χ3n) is 2.29. The van der Waals surface area contributed by atoms with Crippen LogP contribution in [0.25, 0.3) is 11.3 Å². The van der Waals surface area contributed by atoms with E-state index >= 15 is 0 Å². The zero-order valence-corrected chi connectivity index (χ0v) is 10.7. The molecule has 0 N–H and O–H groups in total. The Balaban J connectivity index is 2.53. The molecule has 0 bridgehead atoms. The summed E-state index contributed by atoms with van der Waals surface area (Å²) >= 11 is 3.45. The maximum absolute atomic E-state index is 5.01. The lowest BCUT2D eigenvalue weighted by Crippen LogP contribution is -1.94. The van der Waals surface area contributed by atoms with Crippen LogP contribution in [0.15, 0.2) is 34.9 Å². The molecular weight excluding hydrogens is 268 g/mol. The Morgan fingerprint density at radius 1 is 1.25 bits per heavy atom. The molecule has 0 fully saturated rings. The summed E-state index contributed by atoms with van der Waals surface area (Å²) in [4.78, 5) is 8.30. The SMILES string of the molecule is COc1nccc(-c2cc(Br)ccc2C)n1. The normalized spacial score (nSPS) is 10.2. The minimum Gasteiger partial charge on any atom is -0.467 e. The lowest BCUT2D eigenvalue weighted by molar-refractivity contribution is 0.380. The third-order valence-corrected chi connectivity index (χ3v) is 2.78. The number of aromatic nitrogens is 2. The van der Waals surface area contributed by atoms with Crippen molar-refractivity contribution in [2.75, 3.05) is 7.11 Å². The molecule has 0 atom stereocenters. The molecular formula is C12H11BrN2O. The van der Waals surface area contributed by atoms with Gasteiger partial charge in [-0.25, -0.2) is 4.98 Å². The zero-order chi connectivity index (χ0) is 11.5. The van der Waals surface area contributed by atoms with Crippen molar-refractivity contribution in [2.45, 2.75) is 6.92 Å². The zero-order valence-electron chi connectivity index (χ0n) is 9.07. The van der Waals surface area contributed by atoms with Gasteiger partial charge in [0, 0.05) is 16.2 Å². The molecule has 2 aromatic rings. The first-order valence-corrected chi connectivity index (χ1v) is 5.63. The van der Waals surface area contributed by atoms with E-state index in [0.717, 1.165) is 15.7 Å². The Morgan fingerprint density at radius 3 is 2.81 bits per heavy atom. The van der Waals surface area contributed by atoms with E-state index in [4.69, 9.17) is 4.74 Å². The maximum atomic E-state index is 5.01. The summed E-state index contributed by atoms with van der Waals surface area (Å²) in [6, 6.07) is 8.36. The van der Waals surface area contributed by atoms with Crippen LogP contribution in [0, 0.1) is 6.92 Å². The molecule has 0 aliphatic rings. The second-order valence-electron chi connectivity index (χ2n) is 3.39. The molecule has 2 rings (SSSR count). The van der Waals surface area contributed by atoms with E-state index in [0.29, 0.717) is 6.01 Å². The Labute approximate surface area is 103 Å². The summed E-state index contributed by atoms with van der Waals surface area (Å²) in [6.45, 7) is 2.05. The van der Waals surface area contributed by atoms with Crippen molar-refractivity contribution in [3.05, 3.63) is 40.5 Å². The van der Waals surface area contributed by atoms with Crippen LogP contribution in [-0.4, -0.2) is 17.1 Å². The van der Waals surface area contributed by atoms with Gasteiger partial charge in [-0.2, -0.15) is 4.98 Å². The highest BCUT2D eigenvalue weighted by atomic mass is 79.9. The molecule has 0 saturated heterocycles.